The number of aromatic amines is 1. The predicted octanol–water partition coefficient (Wildman–Crippen LogP) is 4.33. The minimum absolute atomic E-state index is 0. The third-order valence-electron chi connectivity index (χ3n) is 11.0. The molecule has 0 saturated carbocycles. The molecule has 4 aliphatic rings. The average molecular weight is 891 g/mol. The number of nitro groups is 1. The van der Waals surface area contributed by atoms with Gasteiger partial charge in [0.2, 0.25) is 11.9 Å². The van der Waals surface area contributed by atoms with Gasteiger partial charge in [-0.25, -0.2) is 16.9 Å². The van der Waals surface area contributed by atoms with Gasteiger partial charge in [-0.2, -0.15) is 14.5 Å². The molecule has 4 amide bonds. The molecule has 2 atom stereocenters. The van der Waals surface area contributed by atoms with Crippen LogP contribution in [0.4, 0.5) is 27.5 Å². The number of hydrogen-bond acceptors (Lipinski definition) is 11. The van der Waals surface area contributed by atoms with Gasteiger partial charge >= 0.3 is 23.1 Å². The molecule has 2 unspecified atom stereocenters. The number of nitrogens with one attached hydrogen (secondary N) is 3. The number of anilines is 4. The molecule has 0 bridgehead atoms. The van der Waals surface area contributed by atoms with Crippen molar-refractivity contribution in [1.82, 2.24) is 4.98 Å². The van der Waals surface area contributed by atoms with E-state index in [1.807, 2.05) is 0 Å². The zero-order chi connectivity index (χ0) is 42.5. The molecule has 20 heteroatoms. The molecule has 3 aromatic carbocycles. The maximum absolute atomic E-state index is 14.0. The first-order chi connectivity index (χ1) is 28.7. The second kappa shape index (κ2) is 16.9. The maximum atomic E-state index is 14.0. The molecule has 6 N–H and O–H groups in total. The number of rotatable bonds is 11. The molecule has 8 rings (SSSR count). The second-order valence-electron chi connectivity index (χ2n) is 14.6. The summed E-state index contributed by atoms with van der Waals surface area (Å²) in [6, 6.07) is 10.9. The standard InChI is InChI=1S/C41H37N7O11S.Mn/c1-58-26-17-23(4-9-37(49)59-15-12-22-2-5-25(6-3-22)48(53)54)16-24(18-26)43-39(50)32-20-30-28-10-13-46(35(28)21-36(38(30)45-32)60(55,56)57)40(51)33-19-29-27-11-14-47(41(42)52)34(27)8-7-31(29)44-33;/h2,4-8,16,18-19,21-22,32,44-45H,3,10-15,20H2,1H3,(H2,42,52)(H,43,50)(H,55,56,57);/q-2;+2. The van der Waals surface area contributed by atoms with Crippen LogP contribution < -0.4 is 30.9 Å². The van der Waals surface area contributed by atoms with Crippen LogP contribution in [0.5, 0.6) is 5.75 Å². The van der Waals surface area contributed by atoms with Gasteiger partial charge in [-0.05, 0) is 78.6 Å². The number of hydrogen-bond donors (Lipinski definition) is 5. The van der Waals surface area contributed by atoms with E-state index in [1.54, 1.807) is 24.3 Å². The van der Waals surface area contributed by atoms with Crippen LogP contribution >= 0.6 is 0 Å². The Labute approximate surface area is 359 Å². The first kappa shape index (κ1) is 42.6. The number of H-pyrrole nitrogens is 1. The van der Waals surface area contributed by atoms with E-state index in [-0.39, 0.29) is 71.1 Å². The van der Waals surface area contributed by atoms with Gasteiger partial charge in [-0.1, -0.05) is 17.8 Å². The van der Waals surface area contributed by atoms with Crippen molar-refractivity contribution in [3.8, 4) is 5.75 Å². The number of primary amides is 1. The fraction of sp³-hybridized carbons (Fsp3) is 0.268. The van der Waals surface area contributed by atoms with E-state index in [9.17, 15) is 42.3 Å². The van der Waals surface area contributed by atoms with Crippen molar-refractivity contribution in [3.05, 3.63) is 111 Å². The largest absolute Gasteiger partial charge is 2.00 e. The summed E-state index contributed by atoms with van der Waals surface area (Å²) in [5.41, 5.74) is 10.1. The van der Waals surface area contributed by atoms with Crippen molar-refractivity contribution in [2.24, 2.45) is 11.7 Å². The number of urea groups is 1. The summed E-state index contributed by atoms with van der Waals surface area (Å²) in [7, 11) is -3.44. The van der Waals surface area contributed by atoms with Crippen LogP contribution in [0.25, 0.3) is 17.0 Å². The molecule has 4 heterocycles. The van der Waals surface area contributed by atoms with Gasteiger partial charge in [-0.3, -0.25) is 39.5 Å². The zero-order valence-electron chi connectivity index (χ0n) is 32.3. The van der Waals surface area contributed by atoms with Crippen molar-refractivity contribution in [2.45, 2.75) is 43.0 Å². The van der Waals surface area contributed by atoms with Gasteiger partial charge in [0.05, 0.1) is 24.3 Å². The van der Waals surface area contributed by atoms with Crippen LogP contribution in [0.3, 0.4) is 0 Å². The number of amides is 4. The molecule has 0 spiro atoms. The summed E-state index contributed by atoms with van der Waals surface area (Å²) in [6.07, 6.45) is 10.3. The molecular weight excluding hydrogens is 853 g/mol. The molecule has 3 aliphatic heterocycles. The third kappa shape index (κ3) is 8.47. The van der Waals surface area contributed by atoms with E-state index in [1.165, 1.54) is 53.3 Å². The third-order valence-corrected chi connectivity index (χ3v) is 11.9. The van der Waals surface area contributed by atoms with E-state index in [0.29, 0.717) is 65.8 Å². The first-order valence-electron chi connectivity index (χ1n) is 18.9. The smallest absolute Gasteiger partial charge is 0.518 e. The summed E-state index contributed by atoms with van der Waals surface area (Å²) < 4.78 is 46.5. The van der Waals surface area contributed by atoms with E-state index < -0.39 is 49.8 Å². The molecule has 4 aromatic rings. The summed E-state index contributed by atoms with van der Waals surface area (Å²) in [5, 5.41) is 17.4. The first-order valence-corrected chi connectivity index (χ1v) is 20.3. The van der Waals surface area contributed by atoms with Crippen molar-refractivity contribution in [3.63, 3.8) is 0 Å². The van der Waals surface area contributed by atoms with Gasteiger partial charge in [0.1, 0.15) is 16.6 Å². The Hall–Kier alpha value is -6.47. The van der Waals surface area contributed by atoms with Crippen LogP contribution in [-0.2, 0) is 60.8 Å². The van der Waals surface area contributed by atoms with Crippen LogP contribution in [0, 0.1) is 28.2 Å². The van der Waals surface area contributed by atoms with Gasteiger partial charge in [0.15, 0.2) is 0 Å². The maximum Gasteiger partial charge on any atom is 2.00 e. The minimum Gasteiger partial charge on any atom is -0.518 e. The van der Waals surface area contributed by atoms with Crippen LogP contribution in [0.2, 0.25) is 0 Å². The van der Waals surface area contributed by atoms with E-state index in [0.717, 1.165) is 10.9 Å². The van der Waals surface area contributed by atoms with Gasteiger partial charge in [0.25, 0.3) is 21.7 Å². The van der Waals surface area contributed by atoms with Crippen molar-refractivity contribution < 1.29 is 63.6 Å². The zero-order valence-corrected chi connectivity index (χ0v) is 34.3. The van der Waals surface area contributed by atoms with E-state index >= 15 is 0 Å². The Bertz CT molecular complexity index is 2730. The number of carbonyl (C=O) groups excluding carboxylic acids is 4. The normalized spacial score (nSPS) is 17.6. The van der Waals surface area contributed by atoms with E-state index in [4.69, 9.17) is 15.2 Å². The number of nitrogens with zero attached hydrogens (tertiary/aromatic N) is 3. The molecule has 1 radical (unpaired) electrons. The summed E-state index contributed by atoms with van der Waals surface area (Å²) in [6.45, 7) is 0.692. The topological polar surface area (TPSA) is 257 Å². The number of allylic oxidation sites excluding steroid dienone is 3. The van der Waals surface area contributed by atoms with Crippen molar-refractivity contribution in [2.75, 3.05) is 47.2 Å². The number of methoxy groups -OCH3 is 1. The Morgan fingerprint density at radius 3 is 2.57 bits per heavy atom. The SMILES string of the molecule is COc1[c-]c(C=[C-]C(=O)OCCC2C=CC([N+](=O)[O-])=CC2)cc(NC(=O)C2Cc3c4c(cc(S(=O)(=O)O)c3N2)N(C(=O)c2cc3c5c(ccc3[nH]2)N(C(N)=O)CC5)CC4)c1.[Mn+2]. The average Bonchev–Trinajstić information content (AvgIpc) is 4.03. The van der Waals surface area contributed by atoms with Crippen molar-refractivity contribution in [1.29, 1.82) is 0 Å². The molecule has 0 fully saturated rings. The van der Waals surface area contributed by atoms with E-state index in [2.05, 4.69) is 27.8 Å². The molecule has 315 valence electrons. The number of benzene rings is 3. The quantitative estimate of drug-likeness (QED) is 0.0268. The number of fused-ring (bicyclic) bond motifs is 6. The fourth-order valence-corrected chi connectivity index (χ4v) is 8.83. The fourth-order valence-electron chi connectivity index (χ4n) is 8.13. The number of carbonyl (C=O) groups is 4. The molecule has 0 saturated heterocycles. The van der Waals surface area contributed by atoms with Crippen molar-refractivity contribution >= 4 is 73.7 Å². The Morgan fingerprint density at radius 2 is 1.87 bits per heavy atom. The predicted molar refractivity (Wildman–Crippen MR) is 218 cm³/mol. The Balaban J connectivity index is 0.00000561. The minimum atomic E-state index is -4.84. The summed E-state index contributed by atoms with van der Waals surface area (Å²) >= 11 is 0. The second-order valence-corrected chi connectivity index (χ2v) is 16.0. The number of aromatic nitrogens is 1. The van der Waals surface area contributed by atoms with Crippen LogP contribution in [0.1, 0.15) is 45.6 Å². The van der Waals surface area contributed by atoms with Gasteiger partial charge < -0.3 is 41.8 Å². The number of nitrogens with two attached hydrogens (primary N) is 1. The monoisotopic (exact) mass is 890 g/mol. The summed E-state index contributed by atoms with van der Waals surface area (Å²) in [5.74, 6) is -1.51. The molecule has 18 nitrogen and oxygen atoms in total. The number of ether oxygens (including phenoxy) is 2. The summed E-state index contributed by atoms with van der Waals surface area (Å²) in [4.78, 5) is 68.1. The van der Waals surface area contributed by atoms with Gasteiger partial charge in [-0.15, -0.1) is 0 Å². The number of esters is 1. The van der Waals surface area contributed by atoms with Crippen LogP contribution in [-0.4, -0.2) is 79.5 Å². The Kier molecular flexibility index (Phi) is 11.8. The Morgan fingerprint density at radius 1 is 1.10 bits per heavy atom. The molecule has 61 heavy (non-hydrogen) atoms. The molecule has 1 aromatic heterocycles. The molecular formula is C41H37MnN7O11S. The van der Waals surface area contributed by atoms with Crippen LogP contribution in [0.15, 0.2) is 65.2 Å². The van der Waals surface area contributed by atoms with Gasteiger partial charge in [0, 0.05) is 53.6 Å². The molecule has 1 aliphatic carbocycles.